The molecule has 172 valence electrons. The molecule has 0 bridgehead atoms. The summed E-state index contributed by atoms with van der Waals surface area (Å²) in [7, 11) is 1.61. The van der Waals surface area contributed by atoms with Crippen LogP contribution in [-0.2, 0) is 16.1 Å². The van der Waals surface area contributed by atoms with Crippen molar-refractivity contribution < 1.29 is 24.1 Å². The van der Waals surface area contributed by atoms with Crippen LogP contribution in [0.3, 0.4) is 0 Å². The van der Waals surface area contributed by atoms with Gasteiger partial charge in [-0.3, -0.25) is 9.20 Å². The van der Waals surface area contributed by atoms with E-state index >= 15 is 0 Å². The molecule has 34 heavy (non-hydrogen) atoms. The zero-order chi connectivity index (χ0) is 23.9. The molecular formula is C27H24N2O5. The number of carbonyl (C=O) groups excluding carboxylic acids is 1. The summed E-state index contributed by atoms with van der Waals surface area (Å²) in [5.41, 5.74) is 2.21. The first-order valence-corrected chi connectivity index (χ1v) is 10.9. The predicted molar refractivity (Wildman–Crippen MR) is 128 cm³/mol. The Kier molecular flexibility index (Phi) is 5.24. The summed E-state index contributed by atoms with van der Waals surface area (Å²) in [6.45, 7) is 3.65. The van der Waals surface area contributed by atoms with Crippen molar-refractivity contribution in [3.05, 3.63) is 89.7 Å². The highest BCUT2D eigenvalue weighted by Crippen LogP contribution is 2.41. The number of pyridine rings is 1. The highest BCUT2D eigenvalue weighted by atomic mass is 16.5. The minimum atomic E-state index is -0.958. The largest absolute Gasteiger partial charge is 0.497 e. The molecule has 4 aromatic rings. The average molecular weight is 456 g/mol. The van der Waals surface area contributed by atoms with Crippen LogP contribution < -0.4 is 9.47 Å². The van der Waals surface area contributed by atoms with Crippen molar-refractivity contribution in [1.29, 1.82) is 0 Å². The number of benzene rings is 2. The van der Waals surface area contributed by atoms with E-state index in [1.165, 1.54) is 0 Å². The molecule has 0 fully saturated rings. The molecular weight excluding hydrogens is 432 g/mol. The predicted octanol–water partition coefficient (Wildman–Crippen LogP) is 4.87. The maximum absolute atomic E-state index is 13.2. The third kappa shape index (κ3) is 3.75. The monoisotopic (exact) mass is 456 g/mol. The molecule has 7 nitrogen and oxygen atoms in total. The normalized spacial score (nSPS) is 15.0. The van der Waals surface area contributed by atoms with Crippen molar-refractivity contribution in [1.82, 2.24) is 9.38 Å². The Labute approximate surface area is 196 Å². The topological polar surface area (TPSA) is 82.3 Å². The lowest BCUT2D eigenvalue weighted by atomic mass is 9.92. The van der Waals surface area contributed by atoms with E-state index in [1.807, 2.05) is 54.6 Å². The lowest BCUT2D eigenvalue weighted by Crippen LogP contribution is -2.29. The van der Waals surface area contributed by atoms with Gasteiger partial charge in [0.2, 0.25) is 11.7 Å². The molecule has 0 unspecified atom stereocenters. The second-order valence-corrected chi connectivity index (χ2v) is 8.50. The number of ether oxygens (including phenoxy) is 3. The van der Waals surface area contributed by atoms with Crippen molar-refractivity contribution in [2.75, 3.05) is 7.11 Å². The van der Waals surface area contributed by atoms with E-state index in [-0.39, 0.29) is 18.3 Å². The molecule has 1 aliphatic rings. The van der Waals surface area contributed by atoms with Crippen molar-refractivity contribution >= 4 is 22.8 Å². The van der Waals surface area contributed by atoms with Crippen LogP contribution in [0.25, 0.3) is 17.0 Å². The molecule has 5 rings (SSSR count). The van der Waals surface area contributed by atoms with E-state index in [2.05, 4.69) is 4.98 Å². The first-order valence-electron chi connectivity index (χ1n) is 10.9. The van der Waals surface area contributed by atoms with Crippen LogP contribution in [-0.4, -0.2) is 33.0 Å². The molecule has 0 amide bonds. The first-order chi connectivity index (χ1) is 16.4. The summed E-state index contributed by atoms with van der Waals surface area (Å²) in [5, 5.41) is 10.4. The summed E-state index contributed by atoms with van der Waals surface area (Å²) in [6, 6.07) is 20.2. The van der Waals surface area contributed by atoms with E-state index in [0.29, 0.717) is 28.4 Å². The third-order valence-corrected chi connectivity index (χ3v) is 5.80. The smallest absolute Gasteiger partial charge is 0.222 e. The van der Waals surface area contributed by atoms with Gasteiger partial charge in [0.05, 0.1) is 12.7 Å². The fourth-order valence-electron chi connectivity index (χ4n) is 3.96. The molecule has 0 spiro atoms. The van der Waals surface area contributed by atoms with Crippen LogP contribution >= 0.6 is 0 Å². The summed E-state index contributed by atoms with van der Waals surface area (Å²) in [6.07, 6.45) is 1.74. The van der Waals surface area contributed by atoms with Gasteiger partial charge in [-0.1, -0.05) is 18.2 Å². The van der Waals surface area contributed by atoms with Gasteiger partial charge in [-0.25, -0.2) is 4.98 Å². The van der Waals surface area contributed by atoms with Gasteiger partial charge in [-0.2, -0.15) is 0 Å². The second-order valence-electron chi connectivity index (χ2n) is 8.50. The summed E-state index contributed by atoms with van der Waals surface area (Å²) >= 11 is 0. The molecule has 7 heteroatoms. The summed E-state index contributed by atoms with van der Waals surface area (Å²) < 4.78 is 18.8. The van der Waals surface area contributed by atoms with Gasteiger partial charge in [-0.05, 0) is 67.9 Å². The molecule has 0 atom stereocenters. The molecule has 1 N–H and O–H groups in total. The van der Waals surface area contributed by atoms with E-state index in [1.54, 1.807) is 43.7 Å². The number of nitrogens with zero attached hydrogens (tertiary/aromatic N) is 2. The average Bonchev–Trinajstić information content (AvgIpc) is 3.30. The van der Waals surface area contributed by atoms with Crippen molar-refractivity contribution in [3.8, 4) is 17.4 Å². The first kappa shape index (κ1) is 21.6. The van der Waals surface area contributed by atoms with Crippen LogP contribution in [0.15, 0.2) is 72.9 Å². The van der Waals surface area contributed by atoms with Gasteiger partial charge in [0.15, 0.2) is 5.60 Å². The minimum Gasteiger partial charge on any atom is -0.497 e. The number of ketones is 1. The van der Waals surface area contributed by atoms with Gasteiger partial charge in [0, 0.05) is 11.8 Å². The van der Waals surface area contributed by atoms with E-state index in [9.17, 15) is 9.90 Å². The Morgan fingerprint density at radius 2 is 1.65 bits per heavy atom. The van der Waals surface area contributed by atoms with Crippen LogP contribution in [0, 0.1) is 0 Å². The Bertz CT molecular complexity index is 1400. The molecule has 2 aromatic carbocycles. The molecule has 0 saturated carbocycles. The number of aromatic hydroxyl groups is 1. The SMILES string of the molecule is COc1ccc(C2=C(c3ccc(OCc4nc5ccccn5c4O)cc3)C(=O)C(C)(C)O2)cc1. The Morgan fingerprint density at radius 3 is 2.32 bits per heavy atom. The highest BCUT2D eigenvalue weighted by Gasteiger charge is 2.42. The number of hydrogen-bond acceptors (Lipinski definition) is 6. The fourth-order valence-corrected chi connectivity index (χ4v) is 3.96. The zero-order valence-corrected chi connectivity index (χ0v) is 19.1. The fraction of sp³-hybridized carbons (Fsp3) is 0.185. The molecule has 1 aliphatic heterocycles. The lowest BCUT2D eigenvalue weighted by Gasteiger charge is -2.17. The third-order valence-electron chi connectivity index (χ3n) is 5.80. The van der Waals surface area contributed by atoms with Crippen LogP contribution in [0.4, 0.5) is 0 Å². The van der Waals surface area contributed by atoms with Crippen molar-refractivity contribution in [2.24, 2.45) is 0 Å². The van der Waals surface area contributed by atoms with Gasteiger partial charge in [-0.15, -0.1) is 0 Å². The van der Waals surface area contributed by atoms with Gasteiger partial charge >= 0.3 is 0 Å². The number of hydrogen-bond donors (Lipinski definition) is 1. The minimum absolute atomic E-state index is 0.0532. The van der Waals surface area contributed by atoms with Gasteiger partial charge in [0.25, 0.3) is 0 Å². The van der Waals surface area contributed by atoms with Crippen molar-refractivity contribution in [2.45, 2.75) is 26.1 Å². The molecule has 0 aliphatic carbocycles. The summed E-state index contributed by atoms with van der Waals surface area (Å²) in [5.74, 6) is 1.84. The van der Waals surface area contributed by atoms with Crippen LogP contribution in [0.2, 0.25) is 0 Å². The lowest BCUT2D eigenvalue weighted by molar-refractivity contribution is -0.125. The van der Waals surface area contributed by atoms with E-state index in [0.717, 1.165) is 16.9 Å². The molecule has 0 saturated heterocycles. The van der Waals surface area contributed by atoms with Gasteiger partial charge in [0.1, 0.15) is 35.2 Å². The Hall–Kier alpha value is -4.26. The maximum atomic E-state index is 13.2. The van der Waals surface area contributed by atoms with Crippen molar-refractivity contribution in [3.63, 3.8) is 0 Å². The van der Waals surface area contributed by atoms with E-state index in [4.69, 9.17) is 14.2 Å². The number of rotatable bonds is 6. The quantitative estimate of drug-likeness (QED) is 0.446. The standard InChI is InChI=1S/C27H24N2O5/c1-27(2)25(30)23(24(34-27)18-9-11-19(32-3)12-10-18)17-7-13-20(14-8-17)33-16-21-26(31)29-15-5-4-6-22(29)28-21/h4-15,31H,16H2,1-3H3. The molecule has 2 aromatic heterocycles. The Balaban J connectivity index is 1.41. The zero-order valence-electron chi connectivity index (χ0n) is 19.1. The van der Waals surface area contributed by atoms with Gasteiger partial charge < -0.3 is 19.3 Å². The number of imidazole rings is 1. The number of fused-ring (bicyclic) bond motifs is 1. The Morgan fingerprint density at radius 1 is 0.971 bits per heavy atom. The number of aromatic nitrogens is 2. The van der Waals surface area contributed by atoms with E-state index < -0.39 is 5.60 Å². The number of methoxy groups -OCH3 is 1. The highest BCUT2D eigenvalue weighted by molar-refractivity contribution is 6.32. The van der Waals surface area contributed by atoms with Crippen LogP contribution in [0.1, 0.15) is 30.7 Å². The number of Topliss-reactive ketones (excluding diaryl/α,β-unsaturated/α-hetero) is 1. The van der Waals surface area contributed by atoms with Crippen LogP contribution in [0.5, 0.6) is 17.4 Å². The second kappa shape index (κ2) is 8.26. The summed E-state index contributed by atoms with van der Waals surface area (Å²) in [4.78, 5) is 17.6. The maximum Gasteiger partial charge on any atom is 0.222 e. The number of carbonyl (C=O) groups is 1. The molecule has 3 heterocycles. The molecule has 0 radical (unpaired) electrons.